The standard InChI is InChI=1S/C19H14FNO5/c20-15-7-5-13(6-8-15)17-9-21-18(26-17)11-25-19(23)12-24-16-4-2-1-3-14(16)10-22/h1-10H,11-12H2. The Morgan fingerprint density at radius 3 is 2.69 bits per heavy atom. The summed E-state index contributed by atoms with van der Waals surface area (Å²) in [6.07, 6.45) is 2.11. The van der Waals surface area contributed by atoms with E-state index < -0.39 is 5.97 Å². The van der Waals surface area contributed by atoms with Crippen LogP contribution in [0.2, 0.25) is 0 Å². The Hall–Kier alpha value is -3.48. The highest BCUT2D eigenvalue weighted by molar-refractivity contribution is 5.79. The minimum absolute atomic E-state index is 0.168. The van der Waals surface area contributed by atoms with Crippen molar-refractivity contribution in [3.05, 3.63) is 72.0 Å². The quantitative estimate of drug-likeness (QED) is 0.477. The number of aromatic nitrogens is 1. The molecule has 6 nitrogen and oxygen atoms in total. The Labute approximate surface area is 148 Å². The van der Waals surface area contributed by atoms with Gasteiger partial charge in [-0.2, -0.15) is 0 Å². The van der Waals surface area contributed by atoms with Crippen molar-refractivity contribution in [3.8, 4) is 17.1 Å². The summed E-state index contributed by atoms with van der Waals surface area (Å²) in [6.45, 7) is -0.519. The highest BCUT2D eigenvalue weighted by Gasteiger charge is 2.11. The SMILES string of the molecule is O=Cc1ccccc1OCC(=O)OCc1ncc(-c2ccc(F)cc2)o1. The number of nitrogens with zero attached hydrogens (tertiary/aromatic N) is 1. The van der Waals surface area contributed by atoms with E-state index in [9.17, 15) is 14.0 Å². The first kappa shape index (κ1) is 17.3. The number of ether oxygens (including phenoxy) is 2. The number of hydrogen-bond donors (Lipinski definition) is 0. The van der Waals surface area contributed by atoms with Gasteiger partial charge in [-0.15, -0.1) is 0 Å². The van der Waals surface area contributed by atoms with Gasteiger partial charge in [-0.25, -0.2) is 14.2 Å². The topological polar surface area (TPSA) is 78.6 Å². The second-order valence-electron chi connectivity index (χ2n) is 5.23. The summed E-state index contributed by atoms with van der Waals surface area (Å²) in [5, 5.41) is 0. The summed E-state index contributed by atoms with van der Waals surface area (Å²) in [5.41, 5.74) is 1.00. The van der Waals surface area contributed by atoms with E-state index in [-0.39, 0.29) is 24.9 Å². The number of hydrogen-bond acceptors (Lipinski definition) is 6. The predicted octanol–water partition coefficient (Wildman–Crippen LogP) is 3.42. The first-order valence-corrected chi connectivity index (χ1v) is 7.69. The van der Waals surface area contributed by atoms with Crippen molar-refractivity contribution in [3.63, 3.8) is 0 Å². The van der Waals surface area contributed by atoms with Crippen LogP contribution in [0.3, 0.4) is 0 Å². The molecule has 0 aliphatic heterocycles. The summed E-state index contributed by atoms with van der Waals surface area (Å²) in [4.78, 5) is 26.6. The van der Waals surface area contributed by atoms with Crippen LogP contribution in [0.4, 0.5) is 4.39 Å². The highest BCUT2D eigenvalue weighted by atomic mass is 19.1. The number of aldehydes is 1. The molecule has 0 aliphatic rings. The average molecular weight is 355 g/mol. The molecule has 0 fully saturated rings. The van der Waals surface area contributed by atoms with Crippen LogP contribution in [0.15, 0.2) is 59.1 Å². The van der Waals surface area contributed by atoms with E-state index in [2.05, 4.69) is 4.98 Å². The van der Waals surface area contributed by atoms with Crippen molar-refractivity contribution in [1.29, 1.82) is 0 Å². The van der Waals surface area contributed by atoms with Crippen LogP contribution in [-0.4, -0.2) is 23.8 Å². The van der Waals surface area contributed by atoms with E-state index in [0.717, 1.165) is 0 Å². The maximum atomic E-state index is 12.9. The van der Waals surface area contributed by atoms with Crippen molar-refractivity contribution in [2.75, 3.05) is 6.61 Å². The lowest BCUT2D eigenvalue weighted by Gasteiger charge is -2.07. The number of halogens is 1. The molecule has 0 aliphatic carbocycles. The van der Waals surface area contributed by atoms with E-state index in [1.54, 1.807) is 36.4 Å². The van der Waals surface area contributed by atoms with Crippen molar-refractivity contribution in [1.82, 2.24) is 4.98 Å². The molecular formula is C19H14FNO5. The van der Waals surface area contributed by atoms with Crippen LogP contribution in [0.5, 0.6) is 5.75 Å². The number of para-hydroxylation sites is 1. The molecule has 1 heterocycles. The number of rotatable bonds is 7. The van der Waals surface area contributed by atoms with Gasteiger partial charge in [0.05, 0.1) is 11.8 Å². The Kier molecular flexibility index (Phi) is 5.38. The zero-order valence-corrected chi connectivity index (χ0v) is 13.6. The summed E-state index contributed by atoms with van der Waals surface area (Å²) in [6, 6.07) is 12.3. The second kappa shape index (κ2) is 8.06. The van der Waals surface area contributed by atoms with Gasteiger partial charge in [-0.3, -0.25) is 4.79 Å². The molecule has 0 spiro atoms. The van der Waals surface area contributed by atoms with Gasteiger partial charge >= 0.3 is 5.97 Å². The van der Waals surface area contributed by atoms with Crippen LogP contribution in [0.25, 0.3) is 11.3 Å². The van der Waals surface area contributed by atoms with Gasteiger partial charge in [-0.05, 0) is 36.4 Å². The van der Waals surface area contributed by atoms with Crippen molar-refractivity contribution in [2.45, 2.75) is 6.61 Å². The number of esters is 1. The number of carbonyl (C=O) groups excluding carboxylic acids is 2. The van der Waals surface area contributed by atoms with Crippen LogP contribution in [0, 0.1) is 5.82 Å². The lowest BCUT2D eigenvalue weighted by molar-refractivity contribution is -0.148. The number of benzene rings is 2. The molecule has 0 saturated carbocycles. The van der Waals surface area contributed by atoms with Gasteiger partial charge in [-0.1, -0.05) is 12.1 Å². The average Bonchev–Trinajstić information content (AvgIpc) is 3.14. The van der Waals surface area contributed by atoms with Gasteiger partial charge in [0.2, 0.25) is 5.89 Å². The lowest BCUT2D eigenvalue weighted by Crippen LogP contribution is -2.15. The minimum atomic E-state index is -0.632. The third-order valence-electron chi connectivity index (χ3n) is 3.43. The Morgan fingerprint density at radius 1 is 1.15 bits per heavy atom. The summed E-state index contributed by atoms with van der Waals surface area (Å²) in [7, 11) is 0. The fourth-order valence-electron chi connectivity index (χ4n) is 2.15. The molecule has 0 bridgehead atoms. The van der Waals surface area contributed by atoms with E-state index in [1.807, 2.05) is 0 Å². The molecule has 0 saturated heterocycles. The molecular weight excluding hydrogens is 341 g/mol. The molecule has 26 heavy (non-hydrogen) atoms. The monoisotopic (exact) mass is 355 g/mol. The molecule has 3 rings (SSSR count). The third kappa shape index (κ3) is 4.32. The van der Waals surface area contributed by atoms with Gasteiger partial charge in [0, 0.05) is 5.56 Å². The summed E-state index contributed by atoms with van der Waals surface area (Å²) in [5.74, 6) is -0.0434. The molecule has 132 valence electrons. The first-order valence-electron chi connectivity index (χ1n) is 7.69. The fraction of sp³-hybridized carbons (Fsp3) is 0.105. The van der Waals surface area contributed by atoms with Gasteiger partial charge in [0.25, 0.3) is 0 Å². The Morgan fingerprint density at radius 2 is 1.92 bits per heavy atom. The molecule has 0 amide bonds. The van der Waals surface area contributed by atoms with Crippen LogP contribution < -0.4 is 4.74 Å². The Balaban J connectivity index is 1.52. The predicted molar refractivity (Wildman–Crippen MR) is 89.0 cm³/mol. The van der Waals surface area contributed by atoms with Crippen molar-refractivity contribution in [2.24, 2.45) is 0 Å². The van der Waals surface area contributed by atoms with Gasteiger partial charge < -0.3 is 13.9 Å². The van der Waals surface area contributed by atoms with Gasteiger partial charge in [0.1, 0.15) is 11.6 Å². The molecule has 3 aromatic rings. The van der Waals surface area contributed by atoms with Crippen LogP contribution in [-0.2, 0) is 16.1 Å². The van der Waals surface area contributed by atoms with Crippen molar-refractivity contribution < 1.29 is 27.9 Å². The molecule has 0 unspecified atom stereocenters. The summed E-state index contributed by atoms with van der Waals surface area (Å²) >= 11 is 0. The lowest BCUT2D eigenvalue weighted by atomic mass is 10.2. The fourth-order valence-corrected chi connectivity index (χ4v) is 2.15. The zero-order chi connectivity index (χ0) is 18.4. The molecule has 7 heteroatoms. The van der Waals surface area contributed by atoms with Crippen LogP contribution in [0.1, 0.15) is 16.2 Å². The number of oxazole rings is 1. The second-order valence-corrected chi connectivity index (χ2v) is 5.23. The molecule has 1 aromatic heterocycles. The first-order chi connectivity index (χ1) is 12.7. The summed E-state index contributed by atoms with van der Waals surface area (Å²) < 4.78 is 28.7. The zero-order valence-electron chi connectivity index (χ0n) is 13.6. The van der Waals surface area contributed by atoms with Crippen molar-refractivity contribution >= 4 is 12.3 Å². The van der Waals surface area contributed by atoms with Gasteiger partial charge in [0.15, 0.2) is 25.3 Å². The molecule has 0 atom stereocenters. The Bertz CT molecular complexity index is 904. The molecule has 2 aromatic carbocycles. The largest absolute Gasteiger partial charge is 0.481 e. The van der Waals surface area contributed by atoms with E-state index in [1.165, 1.54) is 18.3 Å². The normalized spacial score (nSPS) is 10.3. The third-order valence-corrected chi connectivity index (χ3v) is 3.43. The molecule has 0 radical (unpaired) electrons. The minimum Gasteiger partial charge on any atom is -0.481 e. The van der Waals surface area contributed by atoms with E-state index in [4.69, 9.17) is 13.9 Å². The smallest absolute Gasteiger partial charge is 0.344 e. The maximum Gasteiger partial charge on any atom is 0.344 e. The van der Waals surface area contributed by atoms with E-state index >= 15 is 0 Å². The highest BCUT2D eigenvalue weighted by Crippen LogP contribution is 2.21. The number of carbonyl (C=O) groups is 2. The molecule has 0 N–H and O–H groups in total. The van der Waals surface area contributed by atoms with Crippen LogP contribution >= 0.6 is 0 Å². The van der Waals surface area contributed by atoms with E-state index in [0.29, 0.717) is 28.9 Å². The maximum absolute atomic E-state index is 12.9.